The maximum absolute atomic E-state index is 12.4. The molecule has 4 unspecified atom stereocenters. The normalized spacial score (nSPS) is 44.5. The zero-order valence-corrected chi connectivity index (χ0v) is 11.2. The van der Waals surface area contributed by atoms with E-state index in [0.717, 1.165) is 0 Å². The van der Waals surface area contributed by atoms with E-state index in [9.17, 15) is 9.59 Å². The zero-order valence-electron chi connectivity index (χ0n) is 11.2. The van der Waals surface area contributed by atoms with Gasteiger partial charge in [0.2, 0.25) is 0 Å². The molecule has 0 aromatic rings. The number of carbonyl (C=O) groups excluding carboxylic acids is 2. The first-order valence-corrected chi connectivity index (χ1v) is 6.09. The van der Waals surface area contributed by atoms with E-state index in [4.69, 9.17) is 4.74 Å². The number of fused-ring (bicyclic) bond motifs is 2. The van der Waals surface area contributed by atoms with Crippen LogP contribution in [-0.2, 0) is 14.3 Å². The molecular weight excluding hydrogens is 216 g/mol. The first kappa shape index (κ1) is 12.3. The van der Waals surface area contributed by atoms with Crippen LogP contribution in [0.3, 0.4) is 0 Å². The minimum Gasteiger partial charge on any atom is -0.469 e. The monoisotopic (exact) mass is 236 g/mol. The quantitative estimate of drug-likeness (QED) is 0.518. The summed E-state index contributed by atoms with van der Waals surface area (Å²) in [4.78, 5) is 24.3. The van der Waals surface area contributed by atoms with Crippen LogP contribution in [0.4, 0.5) is 0 Å². The van der Waals surface area contributed by atoms with Crippen LogP contribution in [0.1, 0.15) is 34.1 Å². The predicted molar refractivity (Wildman–Crippen MR) is 64.3 cm³/mol. The summed E-state index contributed by atoms with van der Waals surface area (Å²) >= 11 is 0. The van der Waals surface area contributed by atoms with Crippen molar-refractivity contribution >= 4 is 11.8 Å². The lowest BCUT2D eigenvalue weighted by Gasteiger charge is -2.54. The van der Waals surface area contributed by atoms with E-state index in [-0.39, 0.29) is 29.0 Å². The third kappa shape index (κ3) is 1.34. The average molecular weight is 236 g/mol. The van der Waals surface area contributed by atoms with Gasteiger partial charge < -0.3 is 4.74 Å². The van der Waals surface area contributed by atoms with E-state index in [2.05, 4.69) is 13.8 Å². The molecule has 3 aliphatic carbocycles. The van der Waals surface area contributed by atoms with Crippen molar-refractivity contribution in [2.45, 2.75) is 34.1 Å². The minimum atomic E-state index is -0.672. The Labute approximate surface area is 102 Å². The second-order valence-corrected chi connectivity index (χ2v) is 5.89. The third-order valence-electron chi connectivity index (χ3n) is 5.13. The van der Waals surface area contributed by atoms with Gasteiger partial charge in [-0.25, -0.2) is 0 Å². The van der Waals surface area contributed by atoms with Crippen LogP contribution in [0.15, 0.2) is 11.6 Å². The molecule has 2 bridgehead atoms. The molecule has 3 aliphatic rings. The first-order valence-electron chi connectivity index (χ1n) is 6.09. The number of rotatable bonds is 1. The number of methoxy groups -OCH3 is 1. The molecule has 3 nitrogen and oxygen atoms in total. The van der Waals surface area contributed by atoms with Gasteiger partial charge in [-0.05, 0) is 25.7 Å². The van der Waals surface area contributed by atoms with Crippen LogP contribution in [0.2, 0.25) is 0 Å². The molecule has 1 saturated carbocycles. The van der Waals surface area contributed by atoms with Crippen molar-refractivity contribution in [2.24, 2.45) is 22.7 Å². The van der Waals surface area contributed by atoms with Crippen molar-refractivity contribution in [3.8, 4) is 0 Å². The van der Waals surface area contributed by atoms with Crippen molar-refractivity contribution in [1.82, 2.24) is 0 Å². The highest BCUT2D eigenvalue weighted by atomic mass is 16.5. The van der Waals surface area contributed by atoms with Crippen molar-refractivity contribution in [3.05, 3.63) is 11.6 Å². The highest BCUT2D eigenvalue weighted by molar-refractivity contribution is 5.96. The molecule has 0 aromatic heterocycles. The Morgan fingerprint density at radius 1 is 1.47 bits per heavy atom. The molecule has 0 spiro atoms. The van der Waals surface area contributed by atoms with E-state index in [0.29, 0.717) is 6.42 Å². The Bertz CT molecular complexity index is 423. The summed E-state index contributed by atoms with van der Waals surface area (Å²) in [5.41, 5.74) is 0.370. The van der Waals surface area contributed by atoms with Gasteiger partial charge in [0.25, 0.3) is 0 Å². The summed E-state index contributed by atoms with van der Waals surface area (Å²) in [6, 6.07) is 0. The fraction of sp³-hybridized carbons (Fsp3) is 0.714. The summed E-state index contributed by atoms with van der Waals surface area (Å²) in [6.45, 7) is 7.99. The zero-order chi connectivity index (χ0) is 13.0. The van der Waals surface area contributed by atoms with E-state index in [1.165, 1.54) is 12.7 Å². The standard InChI is InChI=1S/C14H20O3/c1-8-6-14(4)10(12(16)17-5)7-13(8,3)9(2)11(14)15/h6,9-10H,7H2,1-5H3. The Morgan fingerprint density at radius 3 is 2.59 bits per heavy atom. The molecule has 4 atom stereocenters. The molecule has 0 N–H and O–H groups in total. The molecule has 3 heteroatoms. The lowest BCUT2D eigenvalue weighted by molar-refractivity contribution is -0.163. The van der Waals surface area contributed by atoms with E-state index in [1.807, 2.05) is 19.9 Å². The molecule has 0 heterocycles. The molecule has 94 valence electrons. The van der Waals surface area contributed by atoms with Crippen LogP contribution < -0.4 is 0 Å². The SMILES string of the molecule is COC(=O)C1CC2(C)C(C)=CC1(C)C(=O)C2C. The number of esters is 1. The number of ketones is 1. The molecule has 0 aliphatic heterocycles. The van der Waals surface area contributed by atoms with Gasteiger partial charge in [-0.2, -0.15) is 0 Å². The highest BCUT2D eigenvalue weighted by Gasteiger charge is 2.60. The molecule has 0 aromatic carbocycles. The summed E-state index contributed by atoms with van der Waals surface area (Å²) in [6.07, 6.45) is 2.70. The van der Waals surface area contributed by atoms with Gasteiger partial charge in [0.05, 0.1) is 18.4 Å². The van der Waals surface area contributed by atoms with Gasteiger partial charge in [-0.1, -0.05) is 25.5 Å². The number of ether oxygens (including phenoxy) is 1. The minimum absolute atomic E-state index is 0.0154. The summed E-state index contributed by atoms with van der Waals surface area (Å²) < 4.78 is 4.85. The number of Topliss-reactive ketones (excluding diaryl/α,β-unsaturated/α-hetero) is 1. The van der Waals surface area contributed by atoms with Crippen molar-refractivity contribution in [2.75, 3.05) is 7.11 Å². The molecule has 1 fully saturated rings. The Hall–Kier alpha value is -1.12. The predicted octanol–water partition coefficient (Wildman–Crippen LogP) is 2.36. The fourth-order valence-corrected chi connectivity index (χ4v) is 3.50. The number of hydrogen-bond donors (Lipinski definition) is 0. The fourth-order valence-electron chi connectivity index (χ4n) is 3.50. The lowest BCUT2D eigenvalue weighted by Crippen LogP contribution is -2.57. The van der Waals surface area contributed by atoms with E-state index < -0.39 is 5.41 Å². The number of carbonyl (C=O) groups is 2. The number of allylic oxidation sites excluding steroid dienone is 2. The Balaban J connectivity index is 2.55. The van der Waals surface area contributed by atoms with E-state index in [1.54, 1.807) is 0 Å². The molecular formula is C14H20O3. The smallest absolute Gasteiger partial charge is 0.310 e. The van der Waals surface area contributed by atoms with Crippen LogP contribution in [0, 0.1) is 22.7 Å². The van der Waals surface area contributed by atoms with Crippen molar-refractivity contribution < 1.29 is 14.3 Å². The third-order valence-corrected chi connectivity index (χ3v) is 5.13. The molecule has 0 amide bonds. The maximum Gasteiger partial charge on any atom is 0.310 e. The van der Waals surface area contributed by atoms with E-state index >= 15 is 0 Å². The van der Waals surface area contributed by atoms with Gasteiger partial charge in [-0.3, -0.25) is 9.59 Å². The average Bonchev–Trinajstić information content (AvgIpc) is 2.29. The van der Waals surface area contributed by atoms with Crippen LogP contribution in [-0.4, -0.2) is 18.9 Å². The molecule has 17 heavy (non-hydrogen) atoms. The van der Waals surface area contributed by atoms with Gasteiger partial charge in [0, 0.05) is 5.92 Å². The van der Waals surface area contributed by atoms with Gasteiger partial charge in [0.1, 0.15) is 5.78 Å². The number of hydrogen-bond acceptors (Lipinski definition) is 3. The van der Waals surface area contributed by atoms with Crippen molar-refractivity contribution in [1.29, 1.82) is 0 Å². The van der Waals surface area contributed by atoms with Crippen LogP contribution in [0.5, 0.6) is 0 Å². The van der Waals surface area contributed by atoms with Crippen LogP contribution >= 0.6 is 0 Å². The van der Waals surface area contributed by atoms with Gasteiger partial charge >= 0.3 is 5.97 Å². The Kier molecular flexibility index (Phi) is 2.49. The largest absolute Gasteiger partial charge is 0.469 e. The van der Waals surface area contributed by atoms with Crippen molar-refractivity contribution in [3.63, 3.8) is 0 Å². The van der Waals surface area contributed by atoms with Gasteiger partial charge in [0.15, 0.2) is 0 Å². The van der Waals surface area contributed by atoms with Crippen LogP contribution in [0.25, 0.3) is 0 Å². The first-order chi connectivity index (χ1) is 7.77. The lowest BCUT2D eigenvalue weighted by atomic mass is 9.47. The molecule has 0 saturated heterocycles. The summed E-state index contributed by atoms with van der Waals surface area (Å²) in [7, 11) is 1.39. The Morgan fingerprint density at radius 2 is 2.06 bits per heavy atom. The summed E-state index contributed by atoms with van der Waals surface area (Å²) in [5, 5.41) is 0. The molecule has 3 rings (SSSR count). The highest BCUT2D eigenvalue weighted by Crippen LogP contribution is 2.59. The van der Waals surface area contributed by atoms with Gasteiger partial charge in [-0.15, -0.1) is 0 Å². The second-order valence-electron chi connectivity index (χ2n) is 5.89. The molecule has 0 radical (unpaired) electrons. The topological polar surface area (TPSA) is 43.4 Å². The maximum atomic E-state index is 12.4. The second kappa shape index (κ2) is 3.44. The summed E-state index contributed by atoms with van der Waals surface area (Å²) in [5.74, 6) is -0.432.